The van der Waals surface area contributed by atoms with Crippen molar-refractivity contribution in [3.63, 3.8) is 0 Å². The maximum atomic E-state index is 11.8. The van der Waals surface area contributed by atoms with E-state index in [2.05, 4.69) is 16.8 Å². The van der Waals surface area contributed by atoms with Crippen LogP contribution in [-0.4, -0.2) is 41.7 Å². The molecule has 1 saturated heterocycles. The van der Waals surface area contributed by atoms with E-state index < -0.39 is 11.0 Å². The lowest BCUT2D eigenvalue weighted by Gasteiger charge is -2.30. The molecule has 23 heavy (non-hydrogen) atoms. The number of hydrogen-bond acceptors (Lipinski definition) is 5. The molecule has 1 aromatic carbocycles. The summed E-state index contributed by atoms with van der Waals surface area (Å²) in [6.45, 7) is 6.65. The minimum absolute atomic E-state index is 0.0302. The summed E-state index contributed by atoms with van der Waals surface area (Å²) in [4.78, 5) is 24.2. The van der Waals surface area contributed by atoms with Crippen molar-refractivity contribution in [2.45, 2.75) is 25.5 Å². The molecule has 0 radical (unpaired) electrons. The molecule has 1 N–H and O–H groups in total. The van der Waals surface area contributed by atoms with Crippen molar-refractivity contribution in [3.05, 3.63) is 52.6 Å². The largest absolute Gasteiger partial charge is 0.446 e. The summed E-state index contributed by atoms with van der Waals surface area (Å²) in [7, 11) is 0. The quantitative estimate of drug-likeness (QED) is 0.494. The molecule has 1 fully saturated rings. The summed E-state index contributed by atoms with van der Waals surface area (Å²) in [5, 5.41) is 13.2. The van der Waals surface area contributed by atoms with Gasteiger partial charge in [-0.05, 0) is 18.4 Å². The molecule has 7 heteroatoms. The Morgan fingerprint density at radius 3 is 2.61 bits per heavy atom. The van der Waals surface area contributed by atoms with Crippen LogP contribution >= 0.6 is 0 Å². The van der Waals surface area contributed by atoms with Gasteiger partial charge in [0, 0.05) is 38.3 Å². The van der Waals surface area contributed by atoms with Gasteiger partial charge in [-0.3, -0.25) is 15.0 Å². The lowest BCUT2D eigenvalue weighted by molar-refractivity contribution is -0.384. The highest BCUT2D eigenvalue weighted by Crippen LogP contribution is 2.14. The normalized spacial score (nSPS) is 15.8. The molecule has 7 nitrogen and oxygen atoms in total. The predicted octanol–water partition coefficient (Wildman–Crippen LogP) is 2.47. The van der Waals surface area contributed by atoms with Gasteiger partial charge in [-0.15, -0.1) is 6.58 Å². The average Bonchev–Trinajstić information content (AvgIpc) is 2.55. The van der Waals surface area contributed by atoms with E-state index in [4.69, 9.17) is 4.74 Å². The van der Waals surface area contributed by atoms with Crippen LogP contribution in [-0.2, 0) is 11.3 Å². The molecule has 1 aliphatic rings. The first-order chi connectivity index (χ1) is 11.1. The summed E-state index contributed by atoms with van der Waals surface area (Å²) in [5.41, 5.74) is 0.816. The maximum Gasteiger partial charge on any atom is 0.407 e. The number of benzene rings is 1. The van der Waals surface area contributed by atoms with Crippen molar-refractivity contribution in [3.8, 4) is 0 Å². The Bertz CT molecular complexity index is 551. The molecule has 0 saturated carbocycles. The second-order valence-corrected chi connectivity index (χ2v) is 5.47. The van der Waals surface area contributed by atoms with Crippen LogP contribution in [0.5, 0.6) is 0 Å². The average molecular weight is 319 g/mol. The Morgan fingerprint density at radius 2 is 2.04 bits per heavy atom. The van der Waals surface area contributed by atoms with E-state index in [1.807, 2.05) is 6.08 Å². The molecule has 1 heterocycles. The fourth-order valence-corrected chi connectivity index (χ4v) is 2.50. The van der Waals surface area contributed by atoms with Crippen LogP contribution in [0.1, 0.15) is 18.4 Å². The summed E-state index contributed by atoms with van der Waals surface area (Å²) in [6, 6.07) is 6.06. The van der Waals surface area contributed by atoms with Gasteiger partial charge in [-0.2, -0.15) is 0 Å². The molecule has 1 amide bonds. The fourth-order valence-electron chi connectivity index (χ4n) is 2.50. The molecule has 0 bridgehead atoms. The molecular weight excluding hydrogens is 298 g/mol. The van der Waals surface area contributed by atoms with Crippen LogP contribution in [0.25, 0.3) is 0 Å². The summed E-state index contributed by atoms with van der Waals surface area (Å²) in [5.74, 6) is 0. The Kier molecular flexibility index (Phi) is 6.10. The van der Waals surface area contributed by atoms with Crippen molar-refractivity contribution in [1.29, 1.82) is 0 Å². The third kappa shape index (κ3) is 5.37. The van der Waals surface area contributed by atoms with Gasteiger partial charge in [0.1, 0.15) is 6.10 Å². The SMILES string of the molecule is C=CCN1CCC(OC(=O)NCc2ccc([N+](=O)[O-])cc2)CC1. The van der Waals surface area contributed by atoms with Gasteiger partial charge in [0.2, 0.25) is 0 Å². The van der Waals surface area contributed by atoms with Gasteiger partial charge in [-0.25, -0.2) is 4.79 Å². The Hall–Kier alpha value is -2.41. The van der Waals surface area contributed by atoms with Gasteiger partial charge < -0.3 is 10.1 Å². The second-order valence-electron chi connectivity index (χ2n) is 5.47. The topological polar surface area (TPSA) is 84.7 Å². The highest BCUT2D eigenvalue weighted by molar-refractivity contribution is 5.67. The number of non-ortho nitro benzene ring substituents is 1. The van der Waals surface area contributed by atoms with E-state index in [9.17, 15) is 14.9 Å². The Balaban J connectivity index is 1.71. The first-order valence-electron chi connectivity index (χ1n) is 7.59. The number of nitrogens with zero attached hydrogens (tertiary/aromatic N) is 2. The molecule has 0 unspecified atom stereocenters. The van der Waals surface area contributed by atoms with Crippen LogP contribution in [0.2, 0.25) is 0 Å². The van der Waals surface area contributed by atoms with Gasteiger partial charge >= 0.3 is 6.09 Å². The van der Waals surface area contributed by atoms with E-state index in [1.165, 1.54) is 12.1 Å². The number of nitro benzene ring substituents is 1. The number of nitrogens with one attached hydrogen (secondary N) is 1. The molecule has 0 spiro atoms. The van der Waals surface area contributed by atoms with E-state index in [0.717, 1.165) is 38.0 Å². The molecular formula is C16H21N3O4. The number of ether oxygens (including phenoxy) is 1. The highest BCUT2D eigenvalue weighted by Gasteiger charge is 2.21. The maximum absolute atomic E-state index is 11.8. The van der Waals surface area contributed by atoms with Crippen LogP contribution in [0.3, 0.4) is 0 Å². The van der Waals surface area contributed by atoms with E-state index in [1.54, 1.807) is 12.1 Å². The summed E-state index contributed by atoms with van der Waals surface area (Å²) >= 11 is 0. The smallest absolute Gasteiger partial charge is 0.407 e. The van der Waals surface area contributed by atoms with Gasteiger partial charge in [0.25, 0.3) is 5.69 Å². The molecule has 1 aromatic rings. The van der Waals surface area contributed by atoms with Crippen LogP contribution in [0.15, 0.2) is 36.9 Å². The van der Waals surface area contributed by atoms with Crippen molar-refractivity contribution < 1.29 is 14.5 Å². The Morgan fingerprint density at radius 1 is 1.39 bits per heavy atom. The predicted molar refractivity (Wildman–Crippen MR) is 86.1 cm³/mol. The van der Waals surface area contributed by atoms with E-state index >= 15 is 0 Å². The number of likely N-dealkylation sites (tertiary alicyclic amines) is 1. The van der Waals surface area contributed by atoms with Gasteiger partial charge in [0.05, 0.1) is 4.92 Å². The molecule has 2 rings (SSSR count). The molecule has 0 atom stereocenters. The minimum Gasteiger partial charge on any atom is -0.446 e. The van der Waals surface area contributed by atoms with Gasteiger partial charge in [0.15, 0.2) is 0 Å². The first kappa shape index (κ1) is 17.0. The summed E-state index contributed by atoms with van der Waals surface area (Å²) in [6.07, 6.45) is 2.99. The fraction of sp³-hybridized carbons (Fsp3) is 0.438. The zero-order chi connectivity index (χ0) is 16.7. The van der Waals surface area contributed by atoms with Crippen LogP contribution in [0, 0.1) is 10.1 Å². The molecule has 0 aliphatic carbocycles. The van der Waals surface area contributed by atoms with E-state index in [0.29, 0.717) is 0 Å². The van der Waals surface area contributed by atoms with Crippen LogP contribution in [0.4, 0.5) is 10.5 Å². The Labute approximate surface area is 135 Å². The lowest BCUT2D eigenvalue weighted by Crippen LogP contribution is -2.39. The number of rotatable bonds is 6. The first-order valence-corrected chi connectivity index (χ1v) is 7.59. The molecule has 0 aromatic heterocycles. The standard InChI is InChI=1S/C16H21N3O4/c1-2-9-18-10-7-15(8-11-18)23-16(20)17-12-13-3-5-14(6-4-13)19(21)22/h2-6,15H,1,7-12H2,(H,17,20). The van der Waals surface area contributed by atoms with Crippen LogP contribution < -0.4 is 5.32 Å². The third-order valence-electron chi connectivity index (χ3n) is 3.78. The summed E-state index contributed by atoms with van der Waals surface area (Å²) < 4.78 is 5.39. The number of alkyl carbamates (subject to hydrolysis) is 1. The number of piperidine rings is 1. The molecule has 1 aliphatic heterocycles. The number of amides is 1. The van der Waals surface area contributed by atoms with Crippen molar-refractivity contribution >= 4 is 11.8 Å². The number of nitro groups is 1. The molecule has 124 valence electrons. The van der Waals surface area contributed by atoms with Crippen molar-refractivity contribution in [1.82, 2.24) is 10.2 Å². The number of hydrogen-bond donors (Lipinski definition) is 1. The van der Waals surface area contributed by atoms with Crippen molar-refractivity contribution in [2.24, 2.45) is 0 Å². The van der Waals surface area contributed by atoms with Gasteiger partial charge in [-0.1, -0.05) is 18.2 Å². The highest BCUT2D eigenvalue weighted by atomic mass is 16.6. The third-order valence-corrected chi connectivity index (χ3v) is 3.78. The monoisotopic (exact) mass is 319 g/mol. The van der Waals surface area contributed by atoms with Crippen molar-refractivity contribution in [2.75, 3.05) is 19.6 Å². The zero-order valence-corrected chi connectivity index (χ0v) is 12.9. The number of carbonyl (C=O) groups is 1. The zero-order valence-electron chi connectivity index (χ0n) is 12.9. The number of carbonyl (C=O) groups excluding carboxylic acids is 1. The lowest BCUT2D eigenvalue weighted by atomic mass is 10.1. The second kappa shape index (κ2) is 8.28. The van der Waals surface area contributed by atoms with E-state index in [-0.39, 0.29) is 18.3 Å². The minimum atomic E-state index is -0.454.